The maximum Gasteiger partial charge on any atom is 0.335 e. The summed E-state index contributed by atoms with van der Waals surface area (Å²) in [4.78, 5) is 28.0. The number of halogens is 1. The third-order valence-electron chi connectivity index (χ3n) is 5.56. The van der Waals surface area contributed by atoms with Gasteiger partial charge in [0.25, 0.3) is 5.91 Å². The highest BCUT2D eigenvalue weighted by molar-refractivity contribution is 6.32. The van der Waals surface area contributed by atoms with Crippen molar-refractivity contribution in [3.63, 3.8) is 0 Å². The first kappa shape index (κ1) is 22.6. The first-order chi connectivity index (χ1) is 15.9. The first-order valence-electron chi connectivity index (χ1n) is 10.8. The number of benzene rings is 2. The van der Waals surface area contributed by atoms with Gasteiger partial charge in [-0.15, -0.1) is 0 Å². The molecule has 0 aliphatic heterocycles. The Bertz CT molecular complexity index is 1320. The van der Waals surface area contributed by atoms with Gasteiger partial charge in [-0.05, 0) is 49.6 Å². The molecule has 168 valence electrons. The van der Waals surface area contributed by atoms with E-state index in [1.807, 2.05) is 43.3 Å². The van der Waals surface area contributed by atoms with Crippen LogP contribution in [0.4, 0.5) is 0 Å². The first-order valence-corrected chi connectivity index (χ1v) is 11.1. The number of carboxylic acid groups (broad SMARTS) is 1. The Hall–Kier alpha value is -3.64. The highest BCUT2D eigenvalue weighted by atomic mass is 35.5. The number of aromatic nitrogens is 2. The Labute approximate surface area is 196 Å². The van der Waals surface area contributed by atoms with Crippen molar-refractivity contribution in [2.45, 2.75) is 26.3 Å². The average Bonchev–Trinajstić information content (AvgIpc) is 3.17. The monoisotopic (exact) mass is 461 g/mol. The van der Waals surface area contributed by atoms with Crippen LogP contribution in [0, 0.1) is 6.92 Å². The summed E-state index contributed by atoms with van der Waals surface area (Å²) in [6, 6.07) is 18.7. The van der Waals surface area contributed by atoms with Gasteiger partial charge in [0, 0.05) is 41.4 Å². The Kier molecular flexibility index (Phi) is 6.75. The molecule has 0 atom stereocenters. The van der Waals surface area contributed by atoms with Crippen LogP contribution in [0.5, 0.6) is 0 Å². The number of hydrogen-bond donors (Lipinski definition) is 2. The van der Waals surface area contributed by atoms with E-state index in [0.717, 1.165) is 40.6 Å². The van der Waals surface area contributed by atoms with Gasteiger partial charge < -0.3 is 15.0 Å². The summed E-state index contributed by atoms with van der Waals surface area (Å²) in [5.41, 5.74) is 4.42. The lowest BCUT2D eigenvalue weighted by Gasteiger charge is -2.08. The Balaban J connectivity index is 1.45. The number of carbonyl (C=O) groups is 2. The number of hydrogen-bond acceptors (Lipinski definition) is 3. The summed E-state index contributed by atoms with van der Waals surface area (Å²) in [6.07, 6.45) is 3.65. The van der Waals surface area contributed by atoms with Gasteiger partial charge in [-0.2, -0.15) is 0 Å². The van der Waals surface area contributed by atoms with Crippen LogP contribution < -0.4 is 5.32 Å². The van der Waals surface area contributed by atoms with E-state index in [9.17, 15) is 14.7 Å². The zero-order valence-electron chi connectivity index (χ0n) is 18.2. The van der Waals surface area contributed by atoms with E-state index in [2.05, 4.69) is 21.1 Å². The summed E-state index contributed by atoms with van der Waals surface area (Å²) in [6.45, 7) is 3.03. The van der Waals surface area contributed by atoms with Crippen LogP contribution in [0.3, 0.4) is 0 Å². The molecule has 0 radical (unpaired) electrons. The summed E-state index contributed by atoms with van der Waals surface area (Å²) in [7, 11) is 0. The van der Waals surface area contributed by atoms with E-state index in [1.54, 1.807) is 24.3 Å². The minimum absolute atomic E-state index is 0.203. The Morgan fingerprint density at radius 1 is 1.06 bits per heavy atom. The van der Waals surface area contributed by atoms with E-state index in [-0.39, 0.29) is 16.6 Å². The molecule has 0 saturated carbocycles. The van der Waals surface area contributed by atoms with Crippen molar-refractivity contribution < 1.29 is 14.7 Å². The van der Waals surface area contributed by atoms with Crippen LogP contribution in [-0.4, -0.2) is 33.1 Å². The zero-order chi connectivity index (χ0) is 23.4. The Morgan fingerprint density at radius 3 is 2.58 bits per heavy atom. The van der Waals surface area contributed by atoms with E-state index in [0.29, 0.717) is 18.7 Å². The fourth-order valence-electron chi connectivity index (χ4n) is 3.86. The largest absolute Gasteiger partial charge is 0.478 e. The molecule has 7 heteroatoms. The lowest BCUT2D eigenvalue weighted by molar-refractivity contribution is 0.0696. The minimum Gasteiger partial charge on any atom is -0.478 e. The molecule has 0 fully saturated rings. The standard InChI is InChI=1S/C26H24ClN3O3/c1-17-9-11-21(24(27)29-17)25(31)28-13-5-6-14-30-16-22(18-7-3-2-4-8-18)20-12-10-19(26(32)33)15-23(20)30/h2-4,7-12,15-16H,5-6,13-14H2,1H3,(H,28,31)(H,32,33). The van der Waals surface area contributed by atoms with Crippen molar-refractivity contribution in [3.05, 3.63) is 88.8 Å². The second kappa shape index (κ2) is 9.88. The quantitative estimate of drug-likeness (QED) is 0.265. The van der Waals surface area contributed by atoms with Crippen molar-refractivity contribution in [3.8, 4) is 11.1 Å². The van der Waals surface area contributed by atoms with E-state index >= 15 is 0 Å². The topological polar surface area (TPSA) is 84.2 Å². The predicted octanol–water partition coefficient (Wildman–Crippen LogP) is 5.57. The molecule has 4 aromatic rings. The molecular weight excluding hydrogens is 438 g/mol. The van der Waals surface area contributed by atoms with Crippen molar-refractivity contribution in [1.29, 1.82) is 0 Å². The van der Waals surface area contributed by atoms with Gasteiger partial charge in [0.2, 0.25) is 0 Å². The van der Waals surface area contributed by atoms with Gasteiger partial charge in [-0.1, -0.05) is 48.0 Å². The van der Waals surface area contributed by atoms with Crippen molar-refractivity contribution in [2.75, 3.05) is 6.54 Å². The molecule has 0 spiro atoms. The molecule has 1 amide bonds. The molecular formula is C26H24ClN3O3. The number of rotatable bonds is 8. The van der Waals surface area contributed by atoms with Gasteiger partial charge in [-0.25, -0.2) is 9.78 Å². The average molecular weight is 462 g/mol. The highest BCUT2D eigenvalue weighted by Crippen LogP contribution is 2.31. The van der Waals surface area contributed by atoms with Gasteiger partial charge in [-0.3, -0.25) is 4.79 Å². The summed E-state index contributed by atoms with van der Waals surface area (Å²) in [5, 5.41) is 13.5. The maximum atomic E-state index is 12.3. The second-order valence-electron chi connectivity index (χ2n) is 7.89. The molecule has 0 unspecified atom stereocenters. The smallest absolute Gasteiger partial charge is 0.335 e. The normalized spacial score (nSPS) is 11.0. The van der Waals surface area contributed by atoms with Crippen molar-refractivity contribution in [2.24, 2.45) is 0 Å². The summed E-state index contributed by atoms with van der Waals surface area (Å²) < 4.78 is 2.09. The lowest BCUT2D eigenvalue weighted by atomic mass is 10.0. The number of aromatic carboxylic acids is 1. The SMILES string of the molecule is Cc1ccc(C(=O)NCCCCn2cc(-c3ccccc3)c3ccc(C(=O)O)cc32)c(Cl)n1. The molecule has 2 aromatic heterocycles. The summed E-state index contributed by atoms with van der Waals surface area (Å²) >= 11 is 6.07. The molecule has 6 nitrogen and oxygen atoms in total. The van der Waals surface area contributed by atoms with Gasteiger partial charge in [0.15, 0.2) is 0 Å². The van der Waals surface area contributed by atoms with Crippen LogP contribution in [0.25, 0.3) is 22.0 Å². The van der Waals surface area contributed by atoms with Crippen LogP contribution in [0.15, 0.2) is 66.9 Å². The molecule has 0 bridgehead atoms. The third-order valence-corrected chi connectivity index (χ3v) is 5.85. The van der Waals surface area contributed by atoms with Gasteiger partial charge in [0.05, 0.1) is 11.1 Å². The van der Waals surface area contributed by atoms with E-state index in [4.69, 9.17) is 11.6 Å². The second-order valence-corrected chi connectivity index (χ2v) is 8.25. The number of carbonyl (C=O) groups excluding carboxylic acids is 1. The number of fused-ring (bicyclic) bond motifs is 1. The number of aryl methyl sites for hydroxylation is 2. The summed E-state index contributed by atoms with van der Waals surface area (Å²) in [5.74, 6) is -1.19. The van der Waals surface area contributed by atoms with Crippen molar-refractivity contribution >= 4 is 34.4 Å². The number of nitrogens with one attached hydrogen (secondary N) is 1. The number of carboxylic acids is 1. The molecule has 2 aromatic carbocycles. The fraction of sp³-hybridized carbons (Fsp3) is 0.192. The minimum atomic E-state index is -0.946. The Morgan fingerprint density at radius 2 is 1.85 bits per heavy atom. The number of unbranched alkanes of at least 4 members (excludes halogenated alkanes) is 1. The molecule has 0 saturated heterocycles. The highest BCUT2D eigenvalue weighted by Gasteiger charge is 2.14. The molecule has 0 aliphatic carbocycles. The van der Waals surface area contributed by atoms with E-state index < -0.39 is 5.97 Å². The third kappa shape index (κ3) is 5.07. The van der Waals surface area contributed by atoms with Crippen molar-refractivity contribution in [1.82, 2.24) is 14.9 Å². The van der Waals surface area contributed by atoms with Gasteiger partial charge >= 0.3 is 5.97 Å². The van der Waals surface area contributed by atoms with E-state index in [1.165, 1.54) is 0 Å². The number of pyridine rings is 1. The van der Waals surface area contributed by atoms with Crippen LogP contribution >= 0.6 is 11.6 Å². The molecule has 4 rings (SSSR count). The molecule has 0 aliphatic rings. The predicted molar refractivity (Wildman–Crippen MR) is 130 cm³/mol. The molecule has 33 heavy (non-hydrogen) atoms. The lowest BCUT2D eigenvalue weighted by Crippen LogP contribution is -2.25. The van der Waals surface area contributed by atoms with Gasteiger partial charge in [0.1, 0.15) is 5.15 Å². The molecule has 2 heterocycles. The fourth-order valence-corrected chi connectivity index (χ4v) is 4.14. The van der Waals surface area contributed by atoms with Crippen LogP contribution in [-0.2, 0) is 6.54 Å². The van der Waals surface area contributed by atoms with Crippen LogP contribution in [0.1, 0.15) is 39.3 Å². The number of nitrogens with zero attached hydrogens (tertiary/aromatic N) is 2. The number of amides is 1. The van der Waals surface area contributed by atoms with Crippen LogP contribution in [0.2, 0.25) is 5.15 Å². The zero-order valence-corrected chi connectivity index (χ0v) is 19.0. The molecule has 2 N–H and O–H groups in total. The maximum absolute atomic E-state index is 12.3.